The van der Waals surface area contributed by atoms with Gasteiger partial charge in [-0.15, -0.1) is 0 Å². The molecule has 1 aromatic rings. The number of alkyl halides is 2. The molecule has 1 aromatic carbocycles. The van der Waals surface area contributed by atoms with E-state index in [-0.39, 0.29) is 6.42 Å². The highest BCUT2D eigenvalue weighted by molar-refractivity contribution is 9.10. The Kier molecular flexibility index (Phi) is 4.56. The smallest absolute Gasteiger partial charge is 0.254 e. The molecule has 1 aliphatic heterocycles. The van der Waals surface area contributed by atoms with Crippen molar-refractivity contribution in [1.29, 1.82) is 0 Å². The fraction of sp³-hybridized carbons (Fsp3) is 0.538. The Morgan fingerprint density at radius 2 is 2.22 bits per heavy atom. The third-order valence-corrected chi connectivity index (χ3v) is 3.49. The first kappa shape index (κ1) is 13.7. The van der Waals surface area contributed by atoms with Gasteiger partial charge in [-0.1, -0.05) is 22.9 Å². The van der Waals surface area contributed by atoms with Crippen molar-refractivity contribution in [3.05, 3.63) is 27.7 Å². The summed E-state index contributed by atoms with van der Waals surface area (Å²) in [5.41, 5.74) is 1.95. The number of benzene rings is 1. The topological polar surface area (TPSA) is 21.3 Å². The molecule has 0 aromatic heterocycles. The molecule has 5 heteroatoms. The number of hydrogen-bond donors (Lipinski definition) is 1. The van der Waals surface area contributed by atoms with Crippen LogP contribution in [0.25, 0.3) is 0 Å². The molecule has 2 nitrogen and oxygen atoms in total. The van der Waals surface area contributed by atoms with Gasteiger partial charge in [-0.05, 0) is 36.2 Å². The number of nitrogens with one attached hydrogen (secondary N) is 1. The van der Waals surface area contributed by atoms with E-state index in [0.717, 1.165) is 27.8 Å². The van der Waals surface area contributed by atoms with Crippen LogP contribution in [-0.4, -0.2) is 25.6 Å². The van der Waals surface area contributed by atoms with Gasteiger partial charge in [0.15, 0.2) is 0 Å². The molecule has 0 bridgehead atoms. The molecule has 1 atom stereocenters. The van der Waals surface area contributed by atoms with E-state index < -0.39 is 12.5 Å². The lowest BCUT2D eigenvalue weighted by molar-refractivity contribution is 0.0987. The zero-order valence-electron chi connectivity index (χ0n) is 10.2. The third kappa shape index (κ3) is 3.01. The lowest BCUT2D eigenvalue weighted by atomic mass is 10.0. The summed E-state index contributed by atoms with van der Waals surface area (Å²) in [4.78, 5) is 0. The molecule has 0 spiro atoms. The SMILES string of the molecule is CCNC(Cc1cc(Br)cc2c1OCC2)C(F)F. The summed E-state index contributed by atoms with van der Waals surface area (Å²) in [7, 11) is 0. The number of hydrogen-bond acceptors (Lipinski definition) is 2. The predicted molar refractivity (Wildman–Crippen MR) is 70.5 cm³/mol. The molecule has 0 fully saturated rings. The predicted octanol–water partition coefficient (Wildman–Crippen LogP) is 3.17. The quantitative estimate of drug-likeness (QED) is 0.900. The molecule has 2 rings (SSSR count). The molecule has 0 saturated heterocycles. The summed E-state index contributed by atoms with van der Waals surface area (Å²) in [6, 6.07) is 3.05. The van der Waals surface area contributed by atoms with Crippen LogP contribution in [0.4, 0.5) is 8.78 Å². The molecule has 18 heavy (non-hydrogen) atoms. The zero-order valence-corrected chi connectivity index (χ0v) is 11.8. The largest absolute Gasteiger partial charge is 0.493 e. The minimum absolute atomic E-state index is 0.285. The zero-order chi connectivity index (χ0) is 13.1. The second-order valence-corrected chi connectivity index (χ2v) is 5.27. The minimum Gasteiger partial charge on any atom is -0.493 e. The van der Waals surface area contributed by atoms with E-state index in [0.29, 0.717) is 13.2 Å². The van der Waals surface area contributed by atoms with E-state index >= 15 is 0 Å². The molecule has 0 aliphatic carbocycles. The van der Waals surface area contributed by atoms with Crippen LogP contribution in [0.15, 0.2) is 16.6 Å². The Hall–Kier alpha value is -0.680. The maximum absolute atomic E-state index is 12.9. The van der Waals surface area contributed by atoms with Crippen molar-refractivity contribution >= 4 is 15.9 Å². The molecule has 1 aliphatic rings. The van der Waals surface area contributed by atoms with Gasteiger partial charge in [0.1, 0.15) is 5.75 Å². The first-order valence-electron chi connectivity index (χ1n) is 6.07. The highest BCUT2D eigenvalue weighted by Crippen LogP contribution is 2.34. The molecular formula is C13H16BrF2NO. The van der Waals surface area contributed by atoms with Crippen molar-refractivity contribution in [3.63, 3.8) is 0 Å². The van der Waals surface area contributed by atoms with Crippen molar-refractivity contribution in [2.45, 2.75) is 32.2 Å². The Bertz CT molecular complexity index is 426. The van der Waals surface area contributed by atoms with Crippen LogP contribution in [-0.2, 0) is 12.8 Å². The average molecular weight is 320 g/mol. The van der Waals surface area contributed by atoms with Crippen LogP contribution in [0, 0.1) is 0 Å². The number of rotatable bonds is 5. The molecule has 1 unspecified atom stereocenters. The Morgan fingerprint density at radius 3 is 2.89 bits per heavy atom. The van der Waals surface area contributed by atoms with Gasteiger partial charge in [0.2, 0.25) is 0 Å². The number of fused-ring (bicyclic) bond motifs is 1. The van der Waals surface area contributed by atoms with Crippen LogP contribution in [0.5, 0.6) is 5.75 Å². The molecule has 0 radical (unpaired) electrons. The van der Waals surface area contributed by atoms with E-state index in [1.807, 2.05) is 19.1 Å². The van der Waals surface area contributed by atoms with Crippen molar-refractivity contribution in [1.82, 2.24) is 5.32 Å². The Morgan fingerprint density at radius 1 is 1.44 bits per heavy atom. The average Bonchev–Trinajstić information content (AvgIpc) is 2.76. The fourth-order valence-electron chi connectivity index (χ4n) is 2.25. The van der Waals surface area contributed by atoms with Crippen molar-refractivity contribution in [3.8, 4) is 5.75 Å². The standard InChI is InChI=1S/C13H16BrF2NO/c1-2-17-11(13(15)16)7-9-6-10(14)5-8-3-4-18-12(8)9/h5-6,11,13,17H,2-4,7H2,1H3. The molecular weight excluding hydrogens is 304 g/mol. The van der Waals surface area contributed by atoms with Gasteiger partial charge in [-0.2, -0.15) is 0 Å². The number of halogens is 3. The Labute approximate surface area is 114 Å². The third-order valence-electron chi connectivity index (χ3n) is 3.04. The van der Waals surface area contributed by atoms with Gasteiger partial charge in [0.25, 0.3) is 6.43 Å². The molecule has 0 saturated carbocycles. The van der Waals surface area contributed by atoms with Gasteiger partial charge >= 0.3 is 0 Å². The van der Waals surface area contributed by atoms with Gasteiger partial charge in [-0.3, -0.25) is 0 Å². The summed E-state index contributed by atoms with van der Waals surface area (Å²) in [5, 5.41) is 2.82. The number of likely N-dealkylation sites (N-methyl/N-ethyl adjacent to an activating group) is 1. The minimum atomic E-state index is -2.37. The van der Waals surface area contributed by atoms with E-state index in [1.165, 1.54) is 0 Å². The second kappa shape index (κ2) is 5.97. The first-order valence-corrected chi connectivity index (χ1v) is 6.86. The summed E-state index contributed by atoms with van der Waals surface area (Å²) in [5.74, 6) is 0.793. The molecule has 1 N–H and O–H groups in total. The van der Waals surface area contributed by atoms with E-state index in [1.54, 1.807) is 0 Å². The summed E-state index contributed by atoms with van der Waals surface area (Å²) < 4.78 is 32.3. The van der Waals surface area contributed by atoms with E-state index in [9.17, 15) is 8.78 Å². The summed E-state index contributed by atoms with van der Waals surface area (Å²) in [6.45, 7) is 3.00. The van der Waals surface area contributed by atoms with Crippen LogP contribution in [0.1, 0.15) is 18.1 Å². The highest BCUT2D eigenvalue weighted by atomic mass is 79.9. The highest BCUT2D eigenvalue weighted by Gasteiger charge is 2.24. The second-order valence-electron chi connectivity index (χ2n) is 4.35. The lowest BCUT2D eigenvalue weighted by Crippen LogP contribution is -2.37. The first-order chi connectivity index (χ1) is 8.61. The fourth-order valence-corrected chi connectivity index (χ4v) is 2.80. The normalized spacial score (nSPS) is 15.6. The van der Waals surface area contributed by atoms with E-state index in [4.69, 9.17) is 4.74 Å². The van der Waals surface area contributed by atoms with Crippen molar-refractivity contribution < 1.29 is 13.5 Å². The monoisotopic (exact) mass is 319 g/mol. The maximum Gasteiger partial charge on any atom is 0.254 e. The van der Waals surface area contributed by atoms with E-state index in [2.05, 4.69) is 21.2 Å². The van der Waals surface area contributed by atoms with Crippen LogP contribution >= 0.6 is 15.9 Å². The van der Waals surface area contributed by atoms with Crippen molar-refractivity contribution in [2.24, 2.45) is 0 Å². The van der Waals surface area contributed by atoms with Crippen LogP contribution in [0.3, 0.4) is 0 Å². The van der Waals surface area contributed by atoms with Crippen LogP contribution < -0.4 is 10.1 Å². The van der Waals surface area contributed by atoms with Gasteiger partial charge in [0.05, 0.1) is 12.6 Å². The number of ether oxygens (including phenoxy) is 1. The maximum atomic E-state index is 12.9. The molecule has 1 heterocycles. The Balaban J connectivity index is 2.22. The van der Waals surface area contributed by atoms with Gasteiger partial charge in [0, 0.05) is 10.9 Å². The van der Waals surface area contributed by atoms with Gasteiger partial charge in [-0.25, -0.2) is 8.78 Å². The van der Waals surface area contributed by atoms with Crippen molar-refractivity contribution in [2.75, 3.05) is 13.2 Å². The summed E-state index contributed by atoms with van der Waals surface area (Å²) >= 11 is 3.42. The summed E-state index contributed by atoms with van der Waals surface area (Å²) in [6.07, 6.45) is -1.24. The lowest BCUT2D eigenvalue weighted by Gasteiger charge is -2.18. The van der Waals surface area contributed by atoms with Gasteiger partial charge < -0.3 is 10.1 Å². The molecule has 0 amide bonds. The molecule has 100 valence electrons. The van der Waals surface area contributed by atoms with Crippen LogP contribution in [0.2, 0.25) is 0 Å².